The Hall–Kier alpha value is -3.94. The van der Waals surface area contributed by atoms with Gasteiger partial charge in [0, 0.05) is 24.3 Å². The average Bonchev–Trinajstić information content (AvgIpc) is 3.44. The number of amides is 2. The molecule has 8 heteroatoms. The van der Waals surface area contributed by atoms with Gasteiger partial charge in [0.2, 0.25) is 0 Å². The third kappa shape index (κ3) is 3.92. The number of anilines is 1. The highest BCUT2D eigenvalue weighted by atomic mass is 16.5. The number of hydrogen-bond donors (Lipinski definition) is 1. The largest absolute Gasteiger partial charge is 0.463 e. The highest BCUT2D eigenvalue weighted by molar-refractivity contribution is 6.13. The summed E-state index contributed by atoms with van der Waals surface area (Å²) in [6, 6.07) is 12.0. The second kappa shape index (κ2) is 8.43. The second-order valence-electron chi connectivity index (χ2n) is 6.99. The molecule has 0 aliphatic carbocycles. The van der Waals surface area contributed by atoms with Crippen molar-refractivity contribution in [3.63, 3.8) is 0 Å². The minimum atomic E-state index is -0.362. The Morgan fingerprint density at radius 3 is 2.61 bits per heavy atom. The highest BCUT2D eigenvalue weighted by Gasteiger charge is 2.21. The van der Waals surface area contributed by atoms with Crippen molar-refractivity contribution >= 4 is 28.6 Å². The fraction of sp³-hybridized carbons (Fsp3) is 0.217. The van der Waals surface area contributed by atoms with Gasteiger partial charge in [0.1, 0.15) is 5.69 Å². The minimum absolute atomic E-state index is 0.0811. The van der Waals surface area contributed by atoms with Gasteiger partial charge in [0.15, 0.2) is 5.76 Å². The SMILES string of the molecule is CCN(CC)C(=O)c1cccc(NC(=O)c2cc(-c3ccco3)nc3onc(C)c23)c1. The Balaban J connectivity index is 1.69. The Labute approximate surface area is 178 Å². The van der Waals surface area contributed by atoms with Gasteiger partial charge in [-0.15, -0.1) is 0 Å². The van der Waals surface area contributed by atoms with E-state index in [9.17, 15) is 9.59 Å². The number of furan rings is 1. The molecule has 0 saturated carbocycles. The van der Waals surface area contributed by atoms with Crippen molar-refractivity contribution in [2.24, 2.45) is 0 Å². The van der Waals surface area contributed by atoms with Crippen LogP contribution in [0.5, 0.6) is 0 Å². The smallest absolute Gasteiger partial charge is 0.259 e. The molecule has 0 aliphatic rings. The van der Waals surface area contributed by atoms with Crippen molar-refractivity contribution in [3.8, 4) is 11.5 Å². The number of pyridine rings is 1. The highest BCUT2D eigenvalue weighted by Crippen LogP contribution is 2.28. The lowest BCUT2D eigenvalue weighted by Crippen LogP contribution is -2.30. The molecule has 4 aromatic rings. The molecule has 1 N–H and O–H groups in total. The lowest BCUT2D eigenvalue weighted by atomic mass is 10.1. The maximum absolute atomic E-state index is 13.2. The van der Waals surface area contributed by atoms with E-state index in [1.807, 2.05) is 13.8 Å². The Morgan fingerprint density at radius 2 is 1.90 bits per heavy atom. The number of rotatable bonds is 6. The lowest BCUT2D eigenvalue weighted by Gasteiger charge is -2.19. The van der Waals surface area contributed by atoms with E-state index in [2.05, 4.69) is 15.5 Å². The van der Waals surface area contributed by atoms with Crippen molar-refractivity contribution in [1.29, 1.82) is 0 Å². The molecule has 31 heavy (non-hydrogen) atoms. The monoisotopic (exact) mass is 418 g/mol. The van der Waals surface area contributed by atoms with Crippen LogP contribution in [0.3, 0.4) is 0 Å². The van der Waals surface area contributed by atoms with E-state index in [0.29, 0.717) is 52.4 Å². The number of carbonyl (C=O) groups is 2. The van der Waals surface area contributed by atoms with E-state index < -0.39 is 0 Å². The summed E-state index contributed by atoms with van der Waals surface area (Å²) >= 11 is 0. The van der Waals surface area contributed by atoms with E-state index in [1.165, 1.54) is 6.26 Å². The first kappa shape index (κ1) is 20.3. The Morgan fingerprint density at radius 1 is 1.10 bits per heavy atom. The molecule has 4 rings (SSSR count). The molecule has 158 valence electrons. The van der Waals surface area contributed by atoms with E-state index in [-0.39, 0.29) is 17.5 Å². The average molecular weight is 418 g/mol. The van der Waals surface area contributed by atoms with Gasteiger partial charge in [-0.3, -0.25) is 9.59 Å². The molecule has 3 aromatic heterocycles. The minimum Gasteiger partial charge on any atom is -0.463 e. The summed E-state index contributed by atoms with van der Waals surface area (Å²) in [5.41, 5.74) is 2.66. The fourth-order valence-corrected chi connectivity index (χ4v) is 3.45. The van der Waals surface area contributed by atoms with Crippen molar-refractivity contribution < 1.29 is 18.5 Å². The van der Waals surface area contributed by atoms with E-state index in [1.54, 1.807) is 54.3 Å². The number of hydrogen-bond acceptors (Lipinski definition) is 6. The van der Waals surface area contributed by atoms with Crippen LogP contribution < -0.4 is 5.32 Å². The zero-order valence-electron chi connectivity index (χ0n) is 17.5. The zero-order valence-corrected chi connectivity index (χ0v) is 17.5. The zero-order chi connectivity index (χ0) is 22.0. The topological polar surface area (TPSA) is 101 Å². The second-order valence-corrected chi connectivity index (χ2v) is 6.99. The number of carbonyl (C=O) groups excluding carboxylic acids is 2. The van der Waals surface area contributed by atoms with Crippen LogP contribution in [-0.4, -0.2) is 39.9 Å². The molecule has 8 nitrogen and oxygen atoms in total. The number of nitrogens with zero attached hydrogens (tertiary/aromatic N) is 3. The van der Waals surface area contributed by atoms with Crippen molar-refractivity contribution in [2.75, 3.05) is 18.4 Å². The third-order valence-electron chi connectivity index (χ3n) is 5.05. The van der Waals surface area contributed by atoms with Gasteiger partial charge in [-0.05, 0) is 57.2 Å². The van der Waals surface area contributed by atoms with Crippen LogP contribution in [0.25, 0.3) is 22.6 Å². The van der Waals surface area contributed by atoms with Crippen molar-refractivity contribution in [2.45, 2.75) is 20.8 Å². The van der Waals surface area contributed by atoms with Crippen LogP contribution in [0.4, 0.5) is 5.69 Å². The van der Waals surface area contributed by atoms with Crippen LogP contribution >= 0.6 is 0 Å². The molecule has 0 aliphatic heterocycles. The molecule has 0 atom stereocenters. The van der Waals surface area contributed by atoms with Gasteiger partial charge in [-0.2, -0.15) is 0 Å². The van der Waals surface area contributed by atoms with Gasteiger partial charge in [0.25, 0.3) is 17.5 Å². The molecular weight excluding hydrogens is 396 g/mol. The molecule has 0 spiro atoms. The standard InChI is InChI=1S/C23H22N4O4/c1-4-27(5-2)23(29)15-8-6-9-16(12-15)24-21(28)17-13-18(19-10-7-11-30-19)25-22-20(17)14(3)26-31-22/h6-13H,4-5H2,1-3H3,(H,24,28). The van der Waals surface area contributed by atoms with Crippen LogP contribution in [0.15, 0.2) is 57.7 Å². The predicted molar refractivity (Wildman–Crippen MR) is 116 cm³/mol. The summed E-state index contributed by atoms with van der Waals surface area (Å²) in [6.07, 6.45) is 1.53. The summed E-state index contributed by atoms with van der Waals surface area (Å²) < 4.78 is 10.7. The first-order valence-corrected chi connectivity index (χ1v) is 10.0. The first-order valence-electron chi connectivity index (χ1n) is 10.0. The van der Waals surface area contributed by atoms with Gasteiger partial charge < -0.3 is 19.2 Å². The number of fused-ring (bicyclic) bond motifs is 1. The summed E-state index contributed by atoms with van der Waals surface area (Å²) in [4.78, 5) is 32.0. The normalized spacial score (nSPS) is 10.9. The van der Waals surface area contributed by atoms with Crippen LogP contribution in [-0.2, 0) is 0 Å². The first-order chi connectivity index (χ1) is 15.0. The predicted octanol–water partition coefficient (Wildman–Crippen LogP) is 4.53. The maximum Gasteiger partial charge on any atom is 0.259 e. The number of aromatic nitrogens is 2. The molecular formula is C23H22N4O4. The van der Waals surface area contributed by atoms with Crippen LogP contribution in [0, 0.1) is 6.92 Å². The maximum atomic E-state index is 13.2. The number of nitrogens with one attached hydrogen (secondary N) is 1. The molecule has 2 amide bonds. The molecule has 0 bridgehead atoms. The molecule has 0 fully saturated rings. The number of benzene rings is 1. The molecule has 0 unspecified atom stereocenters. The van der Waals surface area contributed by atoms with E-state index >= 15 is 0 Å². The Kier molecular flexibility index (Phi) is 5.53. The molecule has 1 aromatic carbocycles. The van der Waals surface area contributed by atoms with Gasteiger partial charge in [-0.1, -0.05) is 11.2 Å². The summed E-state index contributed by atoms with van der Waals surface area (Å²) in [5, 5.41) is 7.35. The Bertz CT molecular complexity index is 1240. The van der Waals surface area contributed by atoms with E-state index in [0.717, 1.165) is 0 Å². The fourth-order valence-electron chi connectivity index (χ4n) is 3.45. The van der Waals surface area contributed by atoms with Crippen LogP contribution in [0.2, 0.25) is 0 Å². The van der Waals surface area contributed by atoms with E-state index in [4.69, 9.17) is 8.94 Å². The van der Waals surface area contributed by atoms with Crippen molar-refractivity contribution in [1.82, 2.24) is 15.0 Å². The summed E-state index contributed by atoms with van der Waals surface area (Å²) in [6.45, 7) is 6.84. The van der Waals surface area contributed by atoms with Gasteiger partial charge >= 0.3 is 0 Å². The molecule has 3 heterocycles. The van der Waals surface area contributed by atoms with Gasteiger partial charge in [-0.25, -0.2) is 4.98 Å². The summed E-state index contributed by atoms with van der Waals surface area (Å²) in [7, 11) is 0. The quantitative estimate of drug-likeness (QED) is 0.494. The third-order valence-corrected chi connectivity index (χ3v) is 5.05. The summed E-state index contributed by atoms with van der Waals surface area (Å²) in [5.74, 6) is 0.0677. The van der Waals surface area contributed by atoms with Crippen LogP contribution in [0.1, 0.15) is 40.3 Å². The molecule has 0 saturated heterocycles. The van der Waals surface area contributed by atoms with Gasteiger partial charge in [0.05, 0.1) is 22.9 Å². The number of aryl methyl sites for hydroxylation is 1. The lowest BCUT2D eigenvalue weighted by molar-refractivity contribution is 0.0772. The van der Waals surface area contributed by atoms with Crippen molar-refractivity contribution in [3.05, 3.63) is 65.5 Å². The molecule has 0 radical (unpaired) electrons.